The Labute approximate surface area is 177 Å². The van der Waals surface area contributed by atoms with Crippen LogP contribution in [0.5, 0.6) is 0 Å². The number of thiocarbonyl (C=S) groups is 1. The summed E-state index contributed by atoms with van der Waals surface area (Å²) in [5.41, 5.74) is 2.80. The number of nitrogens with one attached hydrogen (secondary N) is 3. The van der Waals surface area contributed by atoms with E-state index in [2.05, 4.69) is 22.9 Å². The number of carbonyl (C=O) groups is 2. The summed E-state index contributed by atoms with van der Waals surface area (Å²) in [7, 11) is 1.81. The largest absolute Gasteiger partial charge is 0.459 e. The molecule has 0 saturated carbocycles. The zero-order chi connectivity index (χ0) is 21.6. The number of benzene rings is 1. The standard InChI is InChI=1S/C21H30N4O3S/c1-6-7-12-22-20(27)23-16-10-8-15(9-11-16)18-17(19(26)28-13(2)3)14(4)25(5)21(29)24-18/h8-11,13,18H,6-7,12H2,1-5H3,(H,24,29)(H2,22,23,27). The summed E-state index contributed by atoms with van der Waals surface area (Å²) in [4.78, 5) is 26.4. The van der Waals surface area contributed by atoms with E-state index in [0.717, 1.165) is 24.1 Å². The van der Waals surface area contributed by atoms with Gasteiger partial charge in [-0.1, -0.05) is 25.5 Å². The van der Waals surface area contributed by atoms with Gasteiger partial charge in [0.25, 0.3) is 0 Å². The molecule has 0 radical (unpaired) electrons. The quantitative estimate of drug-likeness (QED) is 0.356. The second-order valence-corrected chi connectivity index (χ2v) is 7.64. The predicted octanol–water partition coefficient (Wildman–Crippen LogP) is 3.69. The Hall–Kier alpha value is -2.61. The van der Waals surface area contributed by atoms with Gasteiger partial charge in [0.2, 0.25) is 0 Å². The molecule has 1 aliphatic rings. The van der Waals surface area contributed by atoms with Crippen molar-refractivity contribution in [1.29, 1.82) is 0 Å². The van der Waals surface area contributed by atoms with Gasteiger partial charge in [-0.15, -0.1) is 0 Å². The lowest BCUT2D eigenvalue weighted by Crippen LogP contribution is -2.46. The molecule has 1 unspecified atom stereocenters. The van der Waals surface area contributed by atoms with Crippen LogP contribution in [0.4, 0.5) is 10.5 Å². The van der Waals surface area contributed by atoms with Crippen molar-refractivity contribution in [3.8, 4) is 0 Å². The molecular weight excluding hydrogens is 388 g/mol. The van der Waals surface area contributed by atoms with E-state index in [0.29, 0.717) is 22.9 Å². The molecule has 1 aliphatic heterocycles. The Morgan fingerprint density at radius 2 is 1.93 bits per heavy atom. The number of unbranched alkanes of at least 4 members (excludes halogenated alkanes) is 1. The third-order valence-electron chi connectivity index (χ3n) is 4.63. The molecule has 0 spiro atoms. The molecule has 1 heterocycles. The van der Waals surface area contributed by atoms with Gasteiger partial charge in [0.1, 0.15) is 0 Å². The van der Waals surface area contributed by atoms with Crippen LogP contribution in [0.3, 0.4) is 0 Å². The molecule has 0 bridgehead atoms. The van der Waals surface area contributed by atoms with Crippen LogP contribution in [-0.4, -0.2) is 41.7 Å². The fourth-order valence-corrected chi connectivity index (χ4v) is 3.20. The lowest BCUT2D eigenvalue weighted by molar-refractivity contribution is -0.143. The van der Waals surface area contributed by atoms with E-state index >= 15 is 0 Å². The average Bonchev–Trinajstić information content (AvgIpc) is 2.66. The van der Waals surface area contributed by atoms with Crippen molar-refractivity contribution < 1.29 is 14.3 Å². The number of ether oxygens (including phenoxy) is 1. The van der Waals surface area contributed by atoms with E-state index in [1.54, 1.807) is 17.0 Å². The van der Waals surface area contributed by atoms with Crippen molar-refractivity contribution in [3.63, 3.8) is 0 Å². The van der Waals surface area contributed by atoms with E-state index in [-0.39, 0.29) is 18.1 Å². The third-order valence-corrected chi connectivity index (χ3v) is 5.03. The monoisotopic (exact) mass is 418 g/mol. The molecule has 158 valence electrons. The van der Waals surface area contributed by atoms with E-state index in [1.165, 1.54) is 0 Å². The lowest BCUT2D eigenvalue weighted by atomic mass is 9.95. The second kappa shape index (κ2) is 10.2. The molecule has 3 N–H and O–H groups in total. The Morgan fingerprint density at radius 3 is 2.52 bits per heavy atom. The highest BCUT2D eigenvalue weighted by atomic mass is 32.1. The Bertz CT molecular complexity index is 790. The molecule has 7 nitrogen and oxygen atoms in total. The van der Waals surface area contributed by atoms with Gasteiger partial charge in [-0.25, -0.2) is 9.59 Å². The molecule has 2 amide bonds. The zero-order valence-electron chi connectivity index (χ0n) is 17.7. The molecule has 1 aromatic carbocycles. The van der Waals surface area contributed by atoms with Crippen LogP contribution in [-0.2, 0) is 9.53 Å². The van der Waals surface area contributed by atoms with Crippen molar-refractivity contribution in [2.75, 3.05) is 18.9 Å². The summed E-state index contributed by atoms with van der Waals surface area (Å²) in [5.74, 6) is -0.373. The van der Waals surface area contributed by atoms with Crippen molar-refractivity contribution >= 4 is 35.0 Å². The van der Waals surface area contributed by atoms with E-state index in [1.807, 2.05) is 40.0 Å². The summed E-state index contributed by atoms with van der Waals surface area (Å²) >= 11 is 5.41. The van der Waals surface area contributed by atoms with Gasteiger partial charge in [0, 0.05) is 25.0 Å². The summed E-state index contributed by atoms with van der Waals surface area (Å²) in [6.07, 6.45) is 1.74. The minimum absolute atomic E-state index is 0.222. The summed E-state index contributed by atoms with van der Waals surface area (Å²) < 4.78 is 5.45. The maximum Gasteiger partial charge on any atom is 0.338 e. The number of carbonyl (C=O) groups excluding carboxylic acids is 2. The van der Waals surface area contributed by atoms with Gasteiger partial charge >= 0.3 is 12.0 Å². The van der Waals surface area contributed by atoms with Gasteiger partial charge in [-0.3, -0.25) is 0 Å². The highest BCUT2D eigenvalue weighted by Gasteiger charge is 2.33. The Kier molecular flexibility index (Phi) is 8.01. The van der Waals surface area contributed by atoms with Crippen LogP contribution < -0.4 is 16.0 Å². The molecule has 2 rings (SSSR count). The molecular formula is C21H30N4O3S. The van der Waals surface area contributed by atoms with Crippen LogP contribution in [0.15, 0.2) is 35.5 Å². The fraction of sp³-hybridized carbons (Fsp3) is 0.476. The molecule has 0 aliphatic carbocycles. The van der Waals surface area contributed by atoms with Crippen LogP contribution >= 0.6 is 12.2 Å². The highest BCUT2D eigenvalue weighted by molar-refractivity contribution is 7.80. The first-order valence-corrected chi connectivity index (χ1v) is 10.3. The molecule has 0 aromatic heterocycles. The highest BCUT2D eigenvalue weighted by Crippen LogP contribution is 2.31. The van der Waals surface area contributed by atoms with Crippen molar-refractivity contribution in [1.82, 2.24) is 15.5 Å². The molecule has 1 atom stereocenters. The Morgan fingerprint density at radius 1 is 1.28 bits per heavy atom. The van der Waals surface area contributed by atoms with Crippen LogP contribution in [0.25, 0.3) is 0 Å². The van der Waals surface area contributed by atoms with Crippen molar-refractivity contribution in [2.45, 2.75) is 52.7 Å². The zero-order valence-corrected chi connectivity index (χ0v) is 18.5. The second-order valence-electron chi connectivity index (χ2n) is 7.25. The number of amides is 2. The first-order valence-electron chi connectivity index (χ1n) is 9.85. The Balaban J connectivity index is 2.21. The number of urea groups is 1. The SMILES string of the molecule is CCCCNC(=O)Nc1ccc(C2NC(=S)N(C)C(C)=C2C(=O)OC(C)C)cc1. The van der Waals surface area contributed by atoms with Gasteiger partial charge < -0.3 is 25.6 Å². The van der Waals surface area contributed by atoms with E-state index in [4.69, 9.17) is 17.0 Å². The van der Waals surface area contributed by atoms with Crippen LogP contribution in [0, 0.1) is 0 Å². The number of anilines is 1. The molecule has 29 heavy (non-hydrogen) atoms. The van der Waals surface area contributed by atoms with Gasteiger partial charge in [-0.05, 0) is 57.1 Å². The number of hydrogen-bond donors (Lipinski definition) is 3. The van der Waals surface area contributed by atoms with Gasteiger partial charge in [0.05, 0.1) is 17.7 Å². The number of hydrogen-bond acceptors (Lipinski definition) is 4. The van der Waals surface area contributed by atoms with E-state index in [9.17, 15) is 9.59 Å². The number of esters is 1. The van der Waals surface area contributed by atoms with Gasteiger partial charge in [0.15, 0.2) is 5.11 Å². The number of rotatable bonds is 7. The number of nitrogens with zero attached hydrogens (tertiary/aromatic N) is 1. The van der Waals surface area contributed by atoms with Crippen molar-refractivity contribution in [2.24, 2.45) is 0 Å². The van der Waals surface area contributed by atoms with E-state index < -0.39 is 6.04 Å². The summed E-state index contributed by atoms with van der Waals surface area (Å²) in [6.45, 7) is 8.21. The van der Waals surface area contributed by atoms with Crippen LogP contribution in [0.1, 0.15) is 52.1 Å². The van der Waals surface area contributed by atoms with Gasteiger partial charge in [-0.2, -0.15) is 0 Å². The summed E-state index contributed by atoms with van der Waals surface area (Å²) in [5, 5.41) is 9.36. The normalized spacial score (nSPS) is 16.6. The molecule has 1 aromatic rings. The average molecular weight is 419 g/mol. The molecule has 0 saturated heterocycles. The fourth-order valence-electron chi connectivity index (χ4n) is 2.94. The smallest absolute Gasteiger partial charge is 0.338 e. The first kappa shape index (κ1) is 22.7. The predicted molar refractivity (Wildman–Crippen MR) is 119 cm³/mol. The maximum atomic E-state index is 12.7. The van der Waals surface area contributed by atoms with Crippen molar-refractivity contribution in [3.05, 3.63) is 41.1 Å². The summed E-state index contributed by atoms with van der Waals surface area (Å²) in [6, 6.07) is 6.68. The third kappa shape index (κ3) is 5.93. The lowest BCUT2D eigenvalue weighted by Gasteiger charge is -2.35. The minimum Gasteiger partial charge on any atom is -0.459 e. The number of allylic oxidation sites excluding steroid dienone is 1. The molecule has 0 fully saturated rings. The molecule has 8 heteroatoms. The first-order chi connectivity index (χ1) is 13.7. The topological polar surface area (TPSA) is 82.7 Å². The van der Waals surface area contributed by atoms with Crippen LogP contribution in [0.2, 0.25) is 0 Å². The minimum atomic E-state index is -0.419. The maximum absolute atomic E-state index is 12.7.